The SMILES string of the molecule is CCNC(=O)C1C[C@@H]2O[C@H]1[C@H]1CN(c3ncc(C#N)cc3Cl)C[C@H]1[C@@H]2O. The van der Waals surface area contributed by atoms with Crippen LogP contribution in [0.15, 0.2) is 12.3 Å². The molecule has 4 rings (SSSR count). The number of anilines is 1. The number of carbonyl (C=O) groups is 1. The number of nitrogens with zero attached hydrogens (tertiary/aromatic N) is 3. The quantitative estimate of drug-likeness (QED) is 0.814. The highest BCUT2D eigenvalue weighted by Gasteiger charge is 2.58. The molecular weight excluding hydrogens is 356 g/mol. The predicted molar refractivity (Wildman–Crippen MR) is 94.6 cm³/mol. The fourth-order valence-electron chi connectivity index (χ4n) is 4.65. The predicted octanol–water partition coefficient (Wildman–Crippen LogP) is 0.943. The van der Waals surface area contributed by atoms with Gasteiger partial charge in [-0.05, 0) is 19.4 Å². The van der Waals surface area contributed by atoms with Crippen LogP contribution in [-0.4, -0.2) is 53.9 Å². The average Bonchev–Trinajstić information content (AvgIpc) is 3.23. The lowest BCUT2D eigenvalue weighted by Gasteiger charge is -2.36. The highest BCUT2D eigenvalue weighted by atomic mass is 35.5. The summed E-state index contributed by atoms with van der Waals surface area (Å²) in [5.41, 5.74) is 0.411. The van der Waals surface area contributed by atoms with Crippen LogP contribution in [0.3, 0.4) is 0 Å². The maximum absolute atomic E-state index is 12.4. The van der Waals surface area contributed by atoms with Gasteiger partial charge in [-0.2, -0.15) is 5.26 Å². The molecule has 1 aromatic rings. The summed E-state index contributed by atoms with van der Waals surface area (Å²) in [4.78, 5) is 18.8. The second-order valence-electron chi connectivity index (χ2n) is 7.24. The van der Waals surface area contributed by atoms with Gasteiger partial charge in [0.05, 0.1) is 34.8 Å². The van der Waals surface area contributed by atoms with Gasteiger partial charge in [0.2, 0.25) is 5.91 Å². The third-order valence-electron chi connectivity index (χ3n) is 5.81. The van der Waals surface area contributed by atoms with E-state index in [0.29, 0.717) is 42.5 Å². The van der Waals surface area contributed by atoms with E-state index in [1.165, 1.54) is 6.20 Å². The molecule has 2 bridgehead atoms. The molecule has 6 atom stereocenters. The number of halogens is 1. The first-order chi connectivity index (χ1) is 12.5. The number of hydrogen-bond acceptors (Lipinski definition) is 6. The summed E-state index contributed by atoms with van der Waals surface area (Å²) in [5.74, 6) is 0.448. The summed E-state index contributed by atoms with van der Waals surface area (Å²) in [6.45, 7) is 3.71. The average molecular weight is 377 g/mol. The van der Waals surface area contributed by atoms with Crippen LogP contribution in [-0.2, 0) is 9.53 Å². The first kappa shape index (κ1) is 17.5. The molecule has 1 unspecified atom stereocenters. The van der Waals surface area contributed by atoms with Crippen molar-refractivity contribution in [2.24, 2.45) is 17.8 Å². The van der Waals surface area contributed by atoms with Crippen LogP contribution in [0.5, 0.6) is 0 Å². The standard InChI is InChI=1S/C18H21ClN4O3/c1-2-21-18(25)10-4-14-15(24)11-7-23(8-12(11)16(10)26-14)17-13(19)3-9(5-20)6-22-17/h3,6,10-12,14-16,24H,2,4,7-8H2,1H3,(H,21,25)/t10?,11-,12+,14+,15+,16-/m1/s1. The van der Waals surface area contributed by atoms with E-state index in [4.69, 9.17) is 21.6 Å². The summed E-state index contributed by atoms with van der Waals surface area (Å²) >= 11 is 6.31. The van der Waals surface area contributed by atoms with Crippen LogP contribution >= 0.6 is 11.6 Å². The van der Waals surface area contributed by atoms with Gasteiger partial charge < -0.3 is 20.1 Å². The van der Waals surface area contributed by atoms with E-state index in [1.807, 2.05) is 17.9 Å². The summed E-state index contributed by atoms with van der Waals surface area (Å²) in [5, 5.41) is 23.0. The highest BCUT2D eigenvalue weighted by Crippen LogP contribution is 2.48. The highest BCUT2D eigenvalue weighted by molar-refractivity contribution is 6.33. The van der Waals surface area contributed by atoms with Crippen LogP contribution in [0.1, 0.15) is 18.9 Å². The van der Waals surface area contributed by atoms with E-state index < -0.39 is 6.10 Å². The van der Waals surface area contributed by atoms with E-state index >= 15 is 0 Å². The van der Waals surface area contributed by atoms with Gasteiger partial charge in [-0.25, -0.2) is 4.98 Å². The summed E-state index contributed by atoms with van der Waals surface area (Å²) in [6, 6.07) is 3.62. The van der Waals surface area contributed by atoms with E-state index in [-0.39, 0.29) is 35.9 Å². The Labute approximate surface area is 156 Å². The topological polar surface area (TPSA) is 98.5 Å². The number of fused-ring (bicyclic) bond motifs is 4. The molecule has 0 aliphatic carbocycles. The van der Waals surface area contributed by atoms with Crippen molar-refractivity contribution in [2.45, 2.75) is 31.7 Å². The van der Waals surface area contributed by atoms with Gasteiger partial charge in [-0.3, -0.25) is 4.79 Å². The minimum Gasteiger partial charge on any atom is -0.390 e. The van der Waals surface area contributed by atoms with Gasteiger partial charge in [0.1, 0.15) is 11.9 Å². The van der Waals surface area contributed by atoms with Crippen molar-refractivity contribution < 1.29 is 14.6 Å². The number of nitriles is 1. The zero-order chi connectivity index (χ0) is 18.4. The minimum absolute atomic E-state index is 0.000769. The molecule has 26 heavy (non-hydrogen) atoms. The third kappa shape index (κ3) is 2.73. The van der Waals surface area contributed by atoms with Crippen LogP contribution in [0.4, 0.5) is 5.82 Å². The molecule has 0 saturated carbocycles. The number of amides is 1. The zero-order valence-electron chi connectivity index (χ0n) is 14.4. The smallest absolute Gasteiger partial charge is 0.225 e. The van der Waals surface area contributed by atoms with Gasteiger partial charge in [0.15, 0.2) is 0 Å². The molecule has 3 fully saturated rings. The van der Waals surface area contributed by atoms with E-state index in [0.717, 1.165) is 0 Å². The largest absolute Gasteiger partial charge is 0.390 e. The molecule has 7 nitrogen and oxygen atoms in total. The molecule has 3 aliphatic rings. The van der Waals surface area contributed by atoms with Crippen molar-refractivity contribution in [1.29, 1.82) is 5.26 Å². The summed E-state index contributed by atoms with van der Waals surface area (Å²) in [7, 11) is 0. The number of aliphatic hydroxyl groups excluding tert-OH is 1. The molecule has 4 heterocycles. The van der Waals surface area contributed by atoms with Crippen molar-refractivity contribution in [3.8, 4) is 6.07 Å². The molecule has 3 saturated heterocycles. The fraction of sp³-hybridized carbons (Fsp3) is 0.611. The van der Waals surface area contributed by atoms with Gasteiger partial charge in [-0.1, -0.05) is 11.6 Å². The Kier molecular flexibility index (Phi) is 4.51. The Balaban J connectivity index is 1.58. The summed E-state index contributed by atoms with van der Waals surface area (Å²) in [6.07, 6.45) is 0.985. The van der Waals surface area contributed by atoms with E-state index in [9.17, 15) is 9.90 Å². The zero-order valence-corrected chi connectivity index (χ0v) is 15.2. The summed E-state index contributed by atoms with van der Waals surface area (Å²) < 4.78 is 6.02. The van der Waals surface area contributed by atoms with Crippen LogP contribution in [0.25, 0.3) is 0 Å². The van der Waals surface area contributed by atoms with Crippen molar-refractivity contribution in [3.63, 3.8) is 0 Å². The Bertz CT molecular complexity index is 767. The van der Waals surface area contributed by atoms with Gasteiger partial charge in [-0.15, -0.1) is 0 Å². The van der Waals surface area contributed by atoms with Crippen molar-refractivity contribution in [2.75, 3.05) is 24.5 Å². The molecule has 0 radical (unpaired) electrons. The van der Waals surface area contributed by atoms with Crippen LogP contribution < -0.4 is 10.2 Å². The lowest BCUT2D eigenvalue weighted by Crippen LogP contribution is -2.47. The van der Waals surface area contributed by atoms with Crippen molar-refractivity contribution in [1.82, 2.24) is 10.3 Å². The molecule has 1 amide bonds. The van der Waals surface area contributed by atoms with Gasteiger partial charge in [0, 0.05) is 37.7 Å². The van der Waals surface area contributed by atoms with E-state index in [2.05, 4.69) is 10.3 Å². The lowest BCUT2D eigenvalue weighted by molar-refractivity contribution is -0.140. The molecule has 0 aromatic carbocycles. The third-order valence-corrected chi connectivity index (χ3v) is 6.08. The lowest BCUT2D eigenvalue weighted by atomic mass is 9.83. The monoisotopic (exact) mass is 376 g/mol. The fourth-order valence-corrected chi connectivity index (χ4v) is 4.94. The normalized spacial score (nSPS) is 35.1. The number of ether oxygens (including phenoxy) is 1. The number of hydrogen-bond donors (Lipinski definition) is 2. The second-order valence-corrected chi connectivity index (χ2v) is 7.65. The minimum atomic E-state index is -0.599. The molecule has 1 aromatic heterocycles. The maximum atomic E-state index is 12.4. The van der Waals surface area contributed by atoms with E-state index in [1.54, 1.807) is 6.07 Å². The Hall–Kier alpha value is -1.88. The Morgan fingerprint density at radius 1 is 1.54 bits per heavy atom. The van der Waals surface area contributed by atoms with Gasteiger partial charge in [0.25, 0.3) is 0 Å². The van der Waals surface area contributed by atoms with Crippen LogP contribution in [0.2, 0.25) is 5.02 Å². The van der Waals surface area contributed by atoms with Gasteiger partial charge >= 0.3 is 0 Å². The second kappa shape index (κ2) is 6.69. The molecule has 2 N–H and O–H groups in total. The number of aromatic nitrogens is 1. The maximum Gasteiger partial charge on any atom is 0.225 e. The number of aliphatic hydroxyl groups is 1. The molecular formula is C18H21ClN4O3. The Morgan fingerprint density at radius 3 is 3.00 bits per heavy atom. The molecule has 138 valence electrons. The molecule has 3 aliphatic heterocycles. The molecule has 0 spiro atoms. The number of pyridine rings is 1. The number of nitrogens with one attached hydrogen (secondary N) is 1. The number of carbonyl (C=O) groups excluding carboxylic acids is 1. The Morgan fingerprint density at radius 2 is 2.31 bits per heavy atom. The van der Waals surface area contributed by atoms with Crippen molar-refractivity contribution >= 4 is 23.3 Å². The van der Waals surface area contributed by atoms with Crippen molar-refractivity contribution in [3.05, 3.63) is 22.8 Å². The number of rotatable bonds is 3. The first-order valence-electron chi connectivity index (χ1n) is 8.95. The first-order valence-corrected chi connectivity index (χ1v) is 9.33. The van der Waals surface area contributed by atoms with Crippen LogP contribution in [0, 0.1) is 29.1 Å². The molecule has 8 heteroatoms.